The van der Waals surface area contributed by atoms with Gasteiger partial charge in [0, 0.05) is 17.7 Å². The Labute approximate surface area is 221 Å². The van der Waals surface area contributed by atoms with Crippen LogP contribution in [0.4, 0.5) is 5.82 Å². The molecule has 186 valence electrons. The predicted octanol–water partition coefficient (Wildman–Crippen LogP) is 5.52. The first-order valence-electron chi connectivity index (χ1n) is 11.8. The maximum Gasteiger partial charge on any atom is 0.263 e. The molecule has 0 radical (unpaired) electrons. The van der Waals surface area contributed by atoms with Crippen molar-refractivity contribution < 1.29 is 9.53 Å². The number of carbonyl (C=O) groups is 1. The van der Waals surface area contributed by atoms with Gasteiger partial charge in [0.15, 0.2) is 6.61 Å². The summed E-state index contributed by atoms with van der Waals surface area (Å²) in [7, 11) is 0. The zero-order chi connectivity index (χ0) is 25.9. The third-order valence-corrected chi connectivity index (χ3v) is 6.73. The average Bonchev–Trinajstić information content (AvgIpc) is 3.63. The van der Waals surface area contributed by atoms with Crippen LogP contribution in [-0.2, 0) is 4.79 Å². The Kier molecular flexibility index (Phi) is 6.25. The average molecular weight is 520 g/mol. The van der Waals surface area contributed by atoms with Gasteiger partial charge < -0.3 is 10.1 Å². The molecule has 0 aliphatic rings. The van der Waals surface area contributed by atoms with Gasteiger partial charge in [-0.2, -0.15) is 9.78 Å². The standard InChI is InChI=1S/C29H21N5O3S/c35-27-17-23(20-8-2-1-3-9-20)30-29(32-27)34-26(16-24(33-34)25-11-6-14-38-25)31-28(36)18-37-22-13-12-19-7-4-5-10-21(19)15-22/h1-17H,18H2,(H,31,36)(H,30,32,35). The first-order valence-corrected chi connectivity index (χ1v) is 12.7. The molecule has 2 N–H and O–H groups in total. The molecule has 0 aliphatic heterocycles. The highest BCUT2D eigenvalue weighted by Gasteiger charge is 2.17. The molecule has 3 heterocycles. The summed E-state index contributed by atoms with van der Waals surface area (Å²) in [6.07, 6.45) is 0. The van der Waals surface area contributed by atoms with Crippen molar-refractivity contribution in [3.05, 3.63) is 113 Å². The molecule has 38 heavy (non-hydrogen) atoms. The lowest BCUT2D eigenvalue weighted by Gasteiger charge is -2.10. The summed E-state index contributed by atoms with van der Waals surface area (Å²) in [4.78, 5) is 33.7. The van der Waals surface area contributed by atoms with Crippen LogP contribution < -0.4 is 15.6 Å². The minimum Gasteiger partial charge on any atom is -0.484 e. The van der Waals surface area contributed by atoms with Crippen LogP contribution in [0, 0.1) is 0 Å². The van der Waals surface area contributed by atoms with Gasteiger partial charge >= 0.3 is 0 Å². The SMILES string of the molecule is O=C(COc1ccc2ccccc2c1)Nc1cc(-c2cccs2)nn1-c1nc(-c2ccccc2)cc(=O)[nH]1. The molecule has 1 amide bonds. The summed E-state index contributed by atoms with van der Waals surface area (Å²) in [5.41, 5.74) is 1.59. The molecule has 0 atom stereocenters. The molecule has 0 aliphatic carbocycles. The third-order valence-electron chi connectivity index (χ3n) is 5.84. The molecule has 0 unspecified atom stereocenters. The monoisotopic (exact) mass is 519 g/mol. The minimum atomic E-state index is -0.376. The predicted molar refractivity (Wildman–Crippen MR) is 149 cm³/mol. The number of thiophene rings is 1. The van der Waals surface area contributed by atoms with E-state index in [1.54, 1.807) is 6.07 Å². The number of hydrogen-bond acceptors (Lipinski definition) is 6. The quantitative estimate of drug-likeness (QED) is 0.289. The van der Waals surface area contributed by atoms with E-state index in [1.165, 1.54) is 22.1 Å². The number of nitrogens with zero attached hydrogens (tertiary/aromatic N) is 3. The molecular formula is C29H21N5O3S. The minimum absolute atomic E-state index is 0.185. The smallest absolute Gasteiger partial charge is 0.263 e. The van der Waals surface area contributed by atoms with Gasteiger partial charge in [-0.25, -0.2) is 4.98 Å². The summed E-state index contributed by atoms with van der Waals surface area (Å²) < 4.78 is 7.18. The van der Waals surface area contributed by atoms with Crippen LogP contribution in [-0.4, -0.2) is 32.3 Å². The highest BCUT2D eigenvalue weighted by Crippen LogP contribution is 2.28. The van der Waals surface area contributed by atoms with Crippen molar-refractivity contribution in [3.8, 4) is 33.5 Å². The zero-order valence-corrected chi connectivity index (χ0v) is 20.8. The second kappa shape index (κ2) is 10.2. The van der Waals surface area contributed by atoms with Crippen LogP contribution in [0.1, 0.15) is 0 Å². The number of carbonyl (C=O) groups excluding carboxylic acids is 1. The number of hydrogen-bond donors (Lipinski definition) is 2. The normalized spacial score (nSPS) is 10.9. The molecule has 0 saturated heterocycles. The first kappa shape index (κ1) is 23.4. The van der Waals surface area contributed by atoms with Gasteiger partial charge in [0.1, 0.15) is 17.3 Å². The van der Waals surface area contributed by atoms with E-state index in [4.69, 9.17) is 4.74 Å². The highest BCUT2D eigenvalue weighted by atomic mass is 32.1. The fourth-order valence-electron chi connectivity index (χ4n) is 4.06. The first-order chi connectivity index (χ1) is 18.6. The summed E-state index contributed by atoms with van der Waals surface area (Å²) in [6.45, 7) is -0.203. The Morgan fingerprint density at radius 1 is 0.895 bits per heavy atom. The maximum absolute atomic E-state index is 12.9. The van der Waals surface area contributed by atoms with Gasteiger partial charge in [0.2, 0.25) is 5.95 Å². The topological polar surface area (TPSA) is 102 Å². The zero-order valence-electron chi connectivity index (χ0n) is 20.0. The van der Waals surface area contributed by atoms with Crippen LogP contribution in [0.15, 0.2) is 107 Å². The molecule has 8 nitrogen and oxygen atoms in total. The summed E-state index contributed by atoms with van der Waals surface area (Å²) in [5.74, 6) is 0.755. The summed E-state index contributed by atoms with van der Waals surface area (Å²) in [6, 6.07) is 30.0. The molecule has 3 aromatic heterocycles. The Hall–Kier alpha value is -5.02. The molecule has 9 heteroatoms. The van der Waals surface area contributed by atoms with Crippen molar-refractivity contribution in [1.29, 1.82) is 0 Å². The molecule has 0 bridgehead atoms. The Balaban J connectivity index is 1.29. The lowest BCUT2D eigenvalue weighted by Crippen LogP contribution is -2.23. The summed E-state index contributed by atoms with van der Waals surface area (Å²) >= 11 is 1.52. The van der Waals surface area contributed by atoms with Crippen LogP contribution in [0.3, 0.4) is 0 Å². The Bertz CT molecular complexity index is 1790. The number of benzene rings is 3. The van der Waals surface area contributed by atoms with Crippen molar-refractivity contribution in [3.63, 3.8) is 0 Å². The number of nitrogens with one attached hydrogen (secondary N) is 2. The second-order valence-corrected chi connectivity index (χ2v) is 9.42. The summed E-state index contributed by atoms with van der Waals surface area (Å²) in [5, 5.41) is 11.6. The van der Waals surface area contributed by atoms with Gasteiger partial charge in [-0.3, -0.25) is 14.6 Å². The maximum atomic E-state index is 12.9. The van der Waals surface area contributed by atoms with E-state index in [2.05, 4.69) is 20.4 Å². The van der Waals surface area contributed by atoms with Crippen LogP contribution in [0.5, 0.6) is 5.75 Å². The van der Waals surface area contributed by atoms with Gasteiger partial charge in [-0.05, 0) is 34.4 Å². The Morgan fingerprint density at radius 3 is 2.53 bits per heavy atom. The fourth-order valence-corrected chi connectivity index (χ4v) is 4.74. The number of rotatable bonds is 7. The molecular weight excluding hydrogens is 498 g/mol. The van der Waals surface area contributed by atoms with E-state index in [-0.39, 0.29) is 24.0 Å². The van der Waals surface area contributed by atoms with E-state index < -0.39 is 0 Å². The van der Waals surface area contributed by atoms with E-state index in [0.29, 0.717) is 23.0 Å². The number of fused-ring (bicyclic) bond motifs is 1. The molecule has 6 rings (SSSR count). The number of aromatic nitrogens is 4. The van der Waals surface area contributed by atoms with Crippen LogP contribution >= 0.6 is 11.3 Å². The van der Waals surface area contributed by atoms with Crippen molar-refractivity contribution in [2.45, 2.75) is 0 Å². The molecule has 0 saturated carbocycles. The van der Waals surface area contributed by atoms with E-state index >= 15 is 0 Å². The Morgan fingerprint density at radius 2 is 1.71 bits per heavy atom. The molecule has 6 aromatic rings. The van der Waals surface area contributed by atoms with E-state index in [1.807, 2.05) is 90.3 Å². The number of H-pyrrole nitrogens is 1. The van der Waals surface area contributed by atoms with Crippen molar-refractivity contribution in [2.75, 3.05) is 11.9 Å². The number of aromatic amines is 1. The van der Waals surface area contributed by atoms with Crippen molar-refractivity contribution >= 4 is 33.8 Å². The molecule has 0 spiro atoms. The van der Waals surface area contributed by atoms with Gasteiger partial charge in [-0.1, -0.05) is 66.7 Å². The lowest BCUT2D eigenvalue weighted by molar-refractivity contribution is -0.118. The molecule has 3 aromatic carbocycles. The number of ether oxygens (including phenoxy) is 1. The lowest BCUT2D eigenvalue weighted by atomic mass is 10.1. The van der Waals surface area contributed by atoms with Crippen molar-refractivity contribution in [2.24, 2.45) is 0 Å². The molecule has 0 fully saturated rings. The third kappa shape index (κ3) is 4.95. The van der Waals surface area contributed by atoms with Gasteiger partial charge in [0.25, 0.3) is 11.5 Å². The van der Waals surface area contributed by atoms with E-state index in [0.717, 1.165) is 21.2 Å². The largest absolute Gasteiger partial charge is 0.484 e. The number of anilines is 1. The van der Waals surface area contributed by atoms with Crippen LogP contribution in [0.2, 0.25) is 0 Å². The second-order valence-electron chi connectivity index (χ2n) is 8.47. The van der Waals surface area contributed by atoms with E-state index in [9.17, 15) is 9.59 Å². The highest BCUT2D eigenvalue weighted by molar-refractivity contribution is 7.13. The fraction of sp³-hybridized carbons (Fsp3) is 0.0345. The van der Waals surface area contributed by atoms with Crippen LogP contribution in [0.25, 0.3) is 38.5 Å². The van der Waals surface area contributed by atoms with Gasteiger partial charge in [0.05, 0.1) is 10.6 Å². The van der Waals surface area contributed by atoms with Crippen molar-refractivity contribution in [1.82, 2.24) is 19.7 Å². The number of amides is 1. The van der Waals surface area contributed by atoms with Gasteiger partial charge in [-0.15, -0.1) is 11.3 Å².